The fourth-order valence-corrected chi connectivity index (χ4v) is 2.23. The van der Waals surface area contributed by atoms with Crippen LogP contribution in [0.1, 0.15) is 22.5 Å². The number of nitrogens with one attached hydrogen (secondary N) is 1. The molecule has 0 radical (unpaired) electrons. The Kier molecular flexibility index (Phi) is 5.78. The van der Waals surface area contributed by atoms with Crippen LogP contribution >= 0.6 is 22.9 Å². The van der Waals surface area contributed by atoms with E-state index in [4.69, 9.17) is 16.7 Å². The number of carboxylic acids is 1. The summed E-state index contributed by atoms with van der Waals surface area (Å²) in [5, 5.41) is 11.3. The number of rotatable bonds is 6. The lowest BCUT2D eigenvalue weighted by molar-refractivity contribution is -0.142. The number of amides is 1. The summed E-state index contributed by atoms with van der Waals surface area (Å²) < 4.78 is 4.85. The van der Waals surface area contributed by atoms with Crippen LogP contribution in [-0.4, -0.2) is 36.1 Å². The summed E-state index contributed by atoms with van der Waals surface area (Å²) in [5.74, 6) is -2.27. The molecule has 1 aromatic rings. The Labute approximate surface area is 118 Å². The number of carboxylic acid groups (broad SMARTS) is 1. The van der Waals surface area contributed by atoms with Crippen LogP contribution < -0.4 is 5.32 Å². The van der Waals surface area contributed by atoms with Gasteiger partial charge in [-0.2, -0.15) is 0 Å². The van der Waals surface area contributed by atoms with Gasteiger partial charge in [-0.1, -0.05) is 11.6 Å². The minimum atomic E-state index is -1.21. The summed E-state index contributed by atoms with van der Waals surface area (Å²) in [6, 6.07) is 1.90. The first-order valence-electron chi connectivity index (χ1n) is 5.30. The summed E-state index contributed by atoms with van der Waals surface area (Å²) in [4.78, 5) is 34.0. The molecule has 0 aliphatic carbocycles. The van der Waals surface area contributed by atoms with Crippen molar-refractivity contribution in [2.45, 2.75) is 18.9 Å². The average molecular weight is 306 g/mol. The van der Waals surface area contributed by atoms with Crippen molar-refractivity contribution in [3.63, 3.8) is 0 Å². The lowest BCUT2D eigenvalue weighted by atomic mass is 10.1. The van der Waals surface area contributed by atoms with E-state index in [1.807, 2.05) is 0 Å². The predicted molar refractivity (Wildman–Crippen MR) is 69.5 cm³/mol. The fourth-order valence-electron chi connectivity index (χ4n) is 1.29. The molecule has 1 aromatic heterocycles. The van der Waals surface area contributed by atoms with E-state index in [0.717, 1.165) is 11.3 Å². The maximum Gasteiger partial charge on any atom is 0.326 e. The van der Waals surface area contributed by atoms with E-state index in [0.29, 0.717) is 9.21 Å². The molecule has 104 valence electrons. The van der Waals surface area contributed by atoms with Crippen LogP contribution in [0.4, 0.5) is 0 Å². The zero-order valence-electron chi connectivity index (χ0n) is 10.0. The summed E-state index contributed by atoms with van der Waals surface area (Å²) in [6.07, 6.45) is -0.119. The van der Waals surface area contributed by atoms with Crippen molar-refractivity contribution in [3.05, 3.63) is 21.3 Å². The van der Waals surface area contributed by atoms with Crippen LogP contribution in [0.2, 0.25) is 4.34 Å². The molecule has 1 heterocycles. The van der Waals surface area contributed by atoms with E-state index in [2.05, 4.69) is 10.1 Å². The van der Waals surface area contributed by atoms with Gasteiger partial charge in [0.15, 0.2) is 0 Å². The molecule has 0 aliphatic heterocycles. The van der Waals surface area contributed by atoms with E-state index in [-0.39, 0.29) is 12.8 Å². The third-order valence-corrected chi connectivity index (χ3v) is 3.50. The largest absolute Gasteiger partial charge is 0.480 e. The molecule has 0 bridgehead atoms. The number of hydrogen-bond acceptors (Lipinski definition) is 5. The smallest absolute Gasteiger partial charge is 0.326 e. The molecule has 19 heavy (non-hydrogen) atoms. The van der Waals surface area contributed by atoms with Crippen molar-refractivity contribution in [1.29, 1.82) is 0 Å². The first-order chi connectivity index (χ1) is 8.93. The van der Waals surface area contributed by atoms with Crippen molar-refractivity contribution >= 4 is 40.8 Å². The molecule has 1 rings (SSSR count). The second kappa shape index (κ2) is 7.10. The second-order valence-electron chi connectivity index (χ2n) is 3.58. The highest BCUT2D eigenvalue weighted by atomic mass is 35.5. The molecule has 1 atom stereocenters. The maximum atomic E-state index is 11.7. The number of hydrogen-bond donors (Lipinski definition) is 2. The molecular formula is C11H12ClNO5S. The van der Waals surface area contributed by atoms with Crippen molar-refractivity contribution in [2.24, 2.45) is 0 Å². The standard InChI is InChI=1S/C11H12ClNO5S/c1-18-9(14)5-2-6(11(16)17)13-10(15)7-3-4-8(12)19-7/h3-4,6H,2,5H2,1H3,(H,13,15)(H,16,17)/t6-/m1/s1. The van der Waals surface area contributed by atoms with E-state index in [9.17, 15) is 14.4 Å². The number of carbonyl (C=O) groups is 3. The number of thiophene rings is 1. The van der Waals surface area contributed by atoms with Gasteiger partial charge in [-0.15, -0.1) is 11.3 Å². The van der Waals surface area contributed by atoms with Gasteiger partial charge < -0.3 is 15.2 Å². The molecule has 0 aliphatic rings. The summed E-state index contributed by atoms with van der Waals surface area (Å²) >= 11 is 6.73. The number of carbonyl (C=O) groups excluding carboxylic acids is 2. The van der Waals surface area contributed by atoms with Gasteiger partial charge >= 0.3 is 11.9 Å². The molecule has 0 aromatic carbocycles. The van der Waals surface area contributed by atoms with E-state index in [1.165, 1.54) is 13.2 Å². The first-order valence-corrected chi connectivity index (χ1v) is 6.49. The van der Waals surface area contributed by atoms with Gasteiger partial charge in [0, 0.05) is 6.42 Å². The quantitative estimate of drug-likeness (QED) is 0.778. The van der Waals surface area contributed by atoms with Crippen molar-refractivity contribution in [1.82, 2.24) is 5.32 Å². The lowest BCUT2D eigenvalue weighted by Gasteiger charge is -2.13. The van der Waals surface area contributed by atoms with Crippen LogP contribution in [0.5, 0.6) is 0 Å². The minimum absolute atomic E-state index is 0.0349. The summed E-state index contributed by atoms with van der Waals surface area (Å²) in [5.41, 5.74) is 0. The van der Waals surface area contributed by atoms with Crippen LogP contribution in [0, 0.1) is 0 Å². The highest BCUT2D eigenvalue weighted by Crippen LogP contribution is 2.21. The topological polar surface area (TPSA) is 92.7 Å². The molecular weight excluding hydrogens is 294 g/mol. The normalized spacial score (nSPS) is 11.7. The molecule has 2 N–H and O–H groups in total. The Morgan fingerprint density at radius 2 is 2.16 bits per heavy atom. The molecule has 0 unspecified atom stereocenters. The SMILES string of the molecule is COC(=O)CC[C@@H](NC(=O)c1ccc(Cl)s1)C(=O)O. The van der Waals surface area contributed by atoms with Gasteiger partial charge in [-0.05, 0) is 18.6 Å². The Bertz CT molecular complexity index is 487. The number of methoxy groups -OCH3 is 1. The molecule has 0 saturated heterocycles. The lowest BCUT2D eigenvalue weighted by Crippen LogP contribution is -2.40. The van der Waals surface area contributed by atoms with Crippen LogP contribution in [0.15, 0.2) is 12.1 Å². The van der Waals surface area contributed by atoms with Gasteiger partial charge in [-0.3, -0.25) is 9.59 Å². The summed E-state index contributed by atoms with van der Waals surface area (Å²) in [6.45, 7) is 0. The highest BCUT2D eigenvalue weighted by molar-refractivity contribution is 7.18. The number of aliphatic carboxylic acids is 1. The van der Waals surface area contributed by atoms with Gasteiger partial charge in [0.25, 0.3) is 5.91 Å². The second-order valence-corrected chi connectivity index (χ2v) is 5.30. The van der Waals surface area contributed by atoms with Gasteiger partial charge in [-0.25, -0.2) is 4.79 Å². The minimum Gasteiger partial charge on any atom is -0.480 e. The molecule has 0 fully saturated rings. The zero-order valence-corrected chi connectivity index (χ0v) is 11.6. The summed E-state index contributed by atoms with van der Waals surface area (Å²) in [7, 11) is 1.21. The molecule has 8 heteroatoms. The third-order valence-electron chi connectivity index (χ3n) is 2.27. The van der Waals surface area contributed by atoms with Crippen molar-refractivity contribution < 1.29 is 24.2 Å². The Hall–Kier alpha value is -1.60. The first kappa shape index (κ1) is 15.5. The van der Waals surface area contributed by atoms with Crippen molar-refractivity contribution in [3.8, 4) is 0 Å². The van der Waals surface area contributed by atoms with Crippen LogP contribution in [0.25, 0.3) is 0 Å². The Balaban J connectivity index is 2.61. The average Bonchev–Trinajstić information content (AvgIpc) is 2.80. The monoisotopic (exact) mass is 305 g/mol. The highest BCUT2D eigenvalue weighted by Gasteiger charge is 2.22. The van der Waals surface area contributed by atoms with Crippen LogP contribution in [-0.2, 0) is 14.3 Å². The van der Waals surface area contributed by atoms with E-state index >= 15 is 0 Å². The van der Waals surface area contributed by atoms with Gasteiger partial charge in [0.1, 0.15) is 6.04 Å². The van der Waals surface area contributed by atoms with Gasteiger partial charge in [0.2, 0.25) is 0 Å². The Morgan fingerprint density at radius 1 is 1.47 bits per heavy atom. The third kappa shape index (κ3) is 4.88. The fraction of sp³-hybridized carbons (Fsp3) is 0.364. The van der Waals surface area contributed by atoms with E-state index in [1.54, 1.807) is 6.07 Å². The van der Waals surface area contributed by atoms with E-state index < -0.39 is 23.9 Å². The zero-order chi connectivity index (χ0) is 14.4. The van der Waals surface area contributed by atoms with Crippen LogP contribution in [0.3, 0.4) is 0 Å². The number of esters is 1. The number of ether oxygens (including phenoxy) is 1. The predicted octanol–water partition coefficient (Wildman–Crippen LogP) is 1.54. The molecule has 0 spiro atoms. The molecule has 0 saturated carbocycles. The molecule has 6 nitrogen and oxygen atoms in total. The number of halogens is 1. The van der Waals surface area contributed by atoms with Crippen molar-refractivity contribution in [2.75, 3.05) is 7.11 Å². The Morgan fingerprint density at radius 3 is 2.63 bits per heavy atom. The maximum absolute atomic E-state index is 11.7. The van der Waals surface area contributed by atoms with Gasteiger partial charge in [0.05, 0.1) is 16.3 Å². The molecule has 1 amide bonds.